The van der Waals surface area contributed by atoms with Crippen LogP contribution >= 0.6 is 0 Å². The summed E-state index contributed by atoms with van der Waals surface area (Å²) in [7, 11) is 2.41. The van der Waals surface area contributed by atoms with Crippen LogP contribution in [0.5, 0.6) is 0 Å². The number of epoxide rings is 1. The second-order valence-corrected chi connectivity index (χ2v) is 6.79. The molecule has 1 unspecified atom stereocenters. The number of rotatable bonds is 10. The van der Waals surface area contributed by atoms with Crippen molar-refractivity contribution in [2.45, 2.75) is 18.6 Å². The highest BCUT2D eigenvalue weighted by molar-refractivity contribution is 6.61. The maximum Gasteiger partial charge on any atom is 0.504 e. The quantitative estimate of drug-likeness (QED) is 0.256. The van der Waals surface area contributed by atoms with Gasteiger partial charge in [0.05, 0.1) is 19.8 Å². The summed E-state index contributed by atoms with van der Waals surface area (Å²) < 4.78 is 26.3. The molecule has 1 rings (SSSR count). The summed E-state index contributed by atoms with van der Waals surface area (Å²) in [5.74, 6) is 0. The van der Waals surface area contributed by atoms with E-state index in [1.165, 1.54) is 0 Å². The molecular weight excluding hydrogens is 240 g/mol. The maximum absolute atomic E-state index is 5.41. The molecule has 0 radical (unpaired) electrons. The van der Waals surface area contributed by atoms with Crippen LogP contribution in [0.4, 0.5) is 0 Å². The molecular formula is C11H22O5Si. The zero-order chi connectivity index (χ0) is 12.6. The fourth-order valence-electron chi connectivity index (χ4n) is 1.38. The van der Waals surface area contributed by atoms with Crippen molar-refractivity contribution in [1.29, 1.82) is 0 Å². The molecule has 100 valence electrons. The van der Waals surface area contributed by atoms with Gasteiger partial charge in [-0.3, -0.25) is 0 Å². The Labute approximate surface area is 104 Å². The van der Waals surface area contributed by atoms with Crippen molar-refractivity contribution >= 4 is 8.80 Å². The smallest absolute Gasteiger partial charge is 0.378 e. The minimum atomic E-state index is -2.44. The number of allylic oxidation sites excluding steroid dienone is 1. The van der Waals surface area contributed by atoms with Gasteiger partial charge in [-0.2, -0.15) is 0 Å². The van der Waals surface area contributed by atoms with Crippen molar-refractivity contribution in [3.05, 3.63) is 12.2 Å². The van der Waals surface area contributed by atoms with Gasteiger partial charge in [0.25, 0.3) is 0 Å². The second-order valence-electron chi connectivity index (χ2n) is 3.79. The summed E-state index contributed by atoms with van der Waals surface area (Å²) >= 11 is 0. The SMILES string of the molecule is CO[Si](C/C=C/CCOCC1CO1)(OC)OC. The number of ether oxygens (including phenoxy) is 2. The molecule has 5 nitrogen and oxygen atoms in total. The van der Waals surface area contributed by atoms with Crippen molar-refractivity contribution in [1.82, 2.24) is 0 Å². The van der Waals surface area contributed by atoms with Gasteiger partial charge in [-0.1, -0.05) is 12.2 Å². The third-order valence-electron chi connectivity index (χ3n) is 2.60. The molecule has 1 saturated heterocycles. The van der Waals surface area contributed by atoms with E-state index in [-0.39, 0.29) is 0 Å². The molecule has 0 N–H and O–H groups in total. The Morgan fingerprint density at radius 1 is 1.18 bits per heavy atom. The van der Waals surface area contributed by atoms with Gasteiger partial charge >= 0.3 is 8.80 Å². The van der Waals surface area contributed by atoms with Crippen LogP contribution in [0, 0.1) is 0 Å². The summed E-state index contributed by atoms with van der Waals surface area (Å²) in [6, 6.07) is 0.683. The topological polar surface area (TPSA) is 49.5 Å². The zero-order valence-corrected chi connectivity index (χ0v) is 11.8. The summed E-state index contributed by atoms with van der Waals surface area (Å²) in [5, 5.41) is 0. The summed E-state index contributed by atoms with van der Waals surface area (Å²) in [5.41, 5.74) is 0. The predicted molar refractivity (Wildman–Crippen MR) is 65.9 cm³/mol. The van der Waals surface area contributed by atoms with Crippen molar-refractivity contribution < 1.29 is 22.8 Å². The summed E-state index contributed by atoms with van der Waals surface area (Å²) in [6.07, 6.45) is 5.31. The van der Waals surface area contributed by atoms with Crippen molar-refractivity contribution in [2.24, 2.45) is 0 Å². The van der Waals surface area contributed by atoms with Crippen LogP contribution in [-0.4, -0.2) is 56.1 Å². The Balaban J connectivity index is 2.05. The molecule has 0 aliphatic carbocycles. The second kappa shape index (κ2) is 7.96. The van der Waals surface area contributed by atoms with Crippen LogP contribution in [0.1, 0.15) is 6.42 Å². The van der Waals surface area contributed by atoms with Crippen molar-refractivity contribution in [2.75, 3.05) is 41.2 Å². The average Bonchev–Trinajstić information content (AvgIpc) is 3.18. The Hall–Kier alpha value is -0.243. The third kappa shape index (κ3) is 5.76. The lowest BCUT2D eigenvalue weighted by molar-refractivity contribution is 0.120. The van der Waals surface area contributed by atoms with E-state index in [9.17, 15) is 0 Å². The Bertz CT molecular complexity index is 218. The largest absolute Gasteiger partial charge is 0.504 e. The van der Waals surface area contributed by atoms with Gasteiger partial charge in [0.1, 0.15) is 6.10 Å². The first-order chi connectivity index (χ1) is 8.26. The van der Waals surface area contributed by atoms with Gasteiger partial charge in [-0.15, -0.1) is 0 Å². The van der Waals surface area contributed by atoms with Gasteiger partial charge in [-0.05, 0) is 6.42 Å². The van der Waals surface area contributed by atoms with E-state index in [1.807, 2.05) is 6.08 Å². The van der Waals surface area contributed by atoms with E-state index in [1.54, 1.807) is 21.3 Å². The molecule has 1 atom stereocenters. The van der Waals surface area contributed by atoms with E-state index in [0.29, 0.717) is 18.8 Å². The molecule has 17 heavy (non-hydrogen) atoms. The van der Waals surface area contributed by atoms with E-state index >= 15 is 0 Å². The van der Waals surface area contributed by atoms with Crippen LogP contribution < -0.4 is 0 Å². The molecule has 6 heteroatoms. The normalized spacial score (nSPS) is 20.1. The highest BCUT2D eigenvalue weighted by Crippen LogP contribution is 2.13. The molecule has 0 aromatic carbocycles. The zero-order valence-electron chi connectivity index (χ0n) is 10.8. The summed E-state index contributed by atoms with van der Waals surface area (Å²) in [6.45, 7) is 2.28. The van der Waals surface area contributed by atoms with E-state index in [2.05, 4.69) is 6.08 Å². The van der Waals surface area contributed by atoms with E-state index in [0.717, 1.165) is 19.6 Å². The minimum Gasteiger partial charge on any atom is -0.378 e. The lowest BCUT2D eigenvalue weighted by Crippen LogP contribution is -2.42. The van der Waals surface area contributed by atoms with Gasteiger partial charge < -0.3 is 22.8 Å². The van der Waals surface area contributed by atoms with Crippen LogP contribution in [0.15, 0.2) is 12.2 Å². The van der Waals surface area contributed by atoms with Gasteiger partial charge in [0.2, 0.25) is 0 Å². The summed E-state index contributed by atoms with van der Waals surface area (Å²) in [4.78, 5) is 0. The van der Waals surface area contributed by atoms with Crippen LogP contribution in [0.25, 0.3) is 0 Å². The van der Waals surface area contributed by atoms with Crippen LogP contribution in [0.3, 0.4) is 0 Å². The van der Waals surface area contributed by atoms with Crippen molar-refractivity contribution in [3.63, 3.8) is 0 Å². The van der Waals surface area contributed by atoms with Gasteiger partial charge in [0, 0.05) is 27.4 Å². The standard InChI is InChI=1S/C11H22O5Si/c1-12-17(13-2,14-3)8-6-4-5-7-15-9-11-10-16-11/h4,6,11H,5,7-10H2,1-3H3/b6-4+. The predicted octanol–water partition coefficient (Wildman–Crippen LogP) is 1.23. The minimum absolute atomic E-state index is 0.342. The Morgan fingerprint density at radius 3 is 2.35 bits per heavy atom. The van der Waals surface area contributed by atoms with E-state index < -0.39 is 8.80 Å². The maximum atomic E-state index is 5.41. The number of hydrogen-bond acceptors (Lipinski definition) is 5. The molecule has 0 aromatic heterocycles. The molecule has 1 heterocycles. The molecule has 0 saturated carbocycles. The first kappa shape index (κ1) is 14.8. The van der Waals surface area contributed by atoms with Crippen LogP contribution in [0.2, 0.25) is 6.04 Å². The molecule has 1 aliphatic heterocycles. The van der Waals surface area contributed by atoms with Crippen LogP contribution in [-0.2, 0) is 22.8 Å². The van der Waals surface area contributed by atoms with E-state index in [4.69, 9.17) is 22.8 Å². The lowest BCUT2D eigenvalue weighted by Gasteiger charge is -2.22. The van der Waals surface area contributed by atoms with Gasteiger partial charge in [0.15, 0.2) is 0 Å². The highest BCUT2D eigenvalue weighted by atomic mass is 28.4. The molecule has 1 aliphatic rings. The average molecular weight is 262 g/mol. The first-order valence-corrected chi connectivity index (χ1v) is 7.69. The first-order valence-electron chi connectivity index (χ1n) is 5.76. The molecule has 1 fully saturated rings. The Kier molecular flexibility index (Phi) is 6.94. The fraction of sp³-hybridized carbons (Fsp3) is 0.818. The van der Waals surface area contributed by atoms with Gasteiger partial charge in [-0.25, -0.2) is 0 Å². The van der Waals surface area contributed by atoms with Crippen molar-refractivity contribution in [3.8, 4) is 0 Å². The lowest BCUT2D eigenvalue weighted by atomic mass is 10.4. The number of hydrogen-bond donors (Lipinski definition) is 0. The highest BCUT2D eigenvalue weighted by Gasteiger charge is 2.35. The monoisotopic (exact) mass is 262 g/mol. The molecule has 0 aromatic rings. The Morgan fingerprint density at radius 2 is 1.82 bits per heavy atom. The molecule has 0 spiro atoms. The molecule has 0 bridgehead atoms. The third-order valence-corrected chi connectivity index (χ3v) is 5.20. The fourth-order valence-corrected chi connectivity index (χ4v) is 2.83. The molecule has 0 amide bonds.